The van der Waals surface area contributed by atoms with E-state index in [0.717, 1.165) is 5.56 Å². The van der Waals surface area contributed by atoms with Gasteiger partial charge in [-0.3, -0.25) is 9.78 Å². The summed E-state index contributed by atoms with van der Waals surface area (Å²) in [5.41, 5.74) is 7.88. The first-order chi connectivity index (χ1) is 7.75. The fourth-order valence-corrected chi connectivity index (χ4v) is 1.46. The quantitative estimate of drug-likeness (QED) is 0.626. The van der Waals surface area contributed by atoms with E-state index in [1.54, 1.807) is 36.7 Å². The molecule has 2 N–H and O–H groups in total. The van der Waals surface area contributed by atoms with Gasteiger partial charge >= 0.3 is 0 Å². The number of carbonyl (C=O) groups excluding carboxylic acids is 1. The number of Topliss-reactive ketones (excluding diaryl/α,β-unsaturated/α-hetero) is 1. The number of anilines is 1. The molecule has 3 nitrogen and oxygen atoms in total. The highest BCUT2D eigenvalue weighted by molar-refractivity contribution is 5.97. The van der Waals surface area contributed by atoms with Gasteiger partial charge in [-0.25, -0.2) is 0 Å². The van der Waals surface area contributed by atoms with E-state index in [-0.39, 0.29) is 5.78 Å². The molecule has 0 amide bonds. The molecule has 2 aromatic rings. The average molecular weight is 212 g/mol. The number of nitrogens with zero attached hydrogens (tertiary/aromatic N) is 1. The molecule has 0 spiro atoms. The fraction of sp³-hybridized carbons (Fsp3) is 0.0769. The molecule has 0 atom stereocenters. The van der Waals surface area contributed by atoms with Crippen LogP contribution >= 0.6 is 0 Å². The van der Waals surface area contributed by atoms with Crippen molar-refractivity contribution in [3.63, 3.8) is 0 Å². The standard InChI is InChI=1S/C13H12N2O/c14-12-3-1-11(2-4-12)13(16)9-10-5-7-15-8-6-10/h1-8H,9,14H2. The van der Waals surface area contributed by atoms with Gasteiger partial charge in [0.25, 0.3) is 0 Å². The number of aromatic nitrogens is 1. The molecule has 0 saturated heterocycles. The van der Waals surface area contributed by atoms with Crippen LogP contribution in [0.15, 0.2) is 48.8 Å². The molecular formula is C13H12N2O. The minimum atomic E-state index is 0.0891. The fourth-order valence-electron chi connectivity index (χ4n) is 1.46. The lowest BCUT2D eigenvalue weighted by atomic mass is 10.0. The van der Waals surface area contributed by atoms with E-state index >= 15 is 0 Å². The zero-order valence-electron chi connectivity index (χ0n) is 8.76. The van der Waals surface area contributed by atoms with E-state index in [1.165, 1.54) is 0 Å². The minimum absolute atomic E-state index is 0.0891. The van der Waals surface area contributed by atoms with E-state index in [2.05, 4.69) is 4.98 Å². The van der Waals surface area contributed by atoms with Gasteiger partial charge in [0.2, 0.25) is 0 Å². The average Bonchev–Trinajstić information content (AvgIpc) is 2.31. The molecule has 1 aromatic heterocycles. The number of rotatable bonds is 3. The molecule has 0 fully saturated rings. The van der Waals surface area contributed by atoms with Crippen molar-refractivity contribution in [1.82, 2.24) is 4.98 Å². The van der Waals surface area contributed by atoms with Crippen LogP contribution in [-0.4, -0.2) is 10.8 Å². The van der Waals surface area contributed by atoms with Gasteiger partial charge < -0.3 is 5.73 Å². The van der Waals surface area contributed by atoms with Gasteiger partial charge in [0, 0.05) is 30.1 Å². The first kappa shape index (κ1) is 10.4. The van der Waals surface area contributed by atoms with E-state index in [9.17, 15) is 4.79 Å². The highest BCUT2D eigenvalue weighted by atomic mass is 16.1. The summed E-state index contributed by atoms with van der Waals surface area (Å²) in [6.45, 7) is 0. The molecule has 0 unspecified atom stereocenters. The molecule has 16 heavy (non-hydrogen) atoms. The van der Waals surface area contributed by atoms with Crippen LogP contribution in [0, 0.1) is 0 Å². The summed E-state index contributed by atoms with van der Waals surface area (Å²) in [6.07, 6.45) is 3.77. The lowest BCUT2D eigenvalue weighted by Crippen LogP contribution is -2.03. The number of hydrogen-bond acceptors (Lipinski definition) is 3. The summed E-state index contributed by atoms with van der Waals surface area (Å²) in [5.74, 6) is 0.0891. The predicted molar refractivity (Wildman–Crippen MR) is 63.1 cm³/mol. The normalized spacial score (nSPS) is 10.0. The Kier molecular flexibility index (Phi) is 2.96. The maximum atomic E-state index is 11.9. The third kappa shape index (κ3) is 2.45. The summed E-state index contributed by atoms with van der Waals surface area (Å²) < 4.78 is 0. The van der Waals surface area contributed by atoms with Crippen molar-refractivity contribution >= 4 is 11.5 Å². The molecule has 80 valence electrons. The molecule has 0 saturated carbocycles. The van der Waals surface area contributed by atoms with Crippen molar-refractivity contribution in [2.24, 2.45) is 0 Å². The number of carbonyl (C=O) groups is 1. The Morgan fingerprint density at radius 2 is 1.69 bits per heavy atom. The van der Waals surface area contributed by atoms with Gasteiger partial charge in [-0.1, -0.05) is 0 Å². The van der Waals surface area contributed by atoms with Crippen LogP contribution in [0.3, 0.4) is 0 Å². The molecule has 1 aromatic carbocycles. The maximum Gasteiger partial charge on any atom is 0.167 e. The predicted octanol–water partition coefficient (Wildman–Crippen LogP) is 2.09. The second-order valence-electron chi connectivity index (χ2n) is 3.58. The first-order valence-electron chi connectivity index (χ1n) is 5.03. The minimum Gasteiger partial charge on any atom is -0.399 e. The van der Waals surface area contributed by atoms with E-state index in [0.29, 0.717) is 17.7 Å². The molecule has 3 heteroatoms. The summed E-state index contributed by atoms with van der Waals surface area (Å²) in [7, 11) is 0. The smallest absolute Gasteiger partial charge is 0.167 e. The lowest BCUT2D eigenvalue weighted by Gasteiger charge is -2.01. The highest BCUT2D eigenvalue weighted by Crippen LogP contribution is 2.09. The number of nitrogens with two attached hydrogens (primary N) is 1. The van der Waals surface area contributed by atoms with Crippen molar-refractivity contribution in [1.29, 1.82) is 0 Å². The van der Waals surface area contributed by atoms with Gasteiger partial charge in [0.15, 0.2) is 5.78 Å². The SMILES string of the molecule is Nc1ccc(C(=O)Cc2ccncc2)cc1. The molecule has 0 radical (unpaired) electrons. The number of ketones is 1. The van der Waals surface area contributed by atoms with Gasteiger partial charge in [-0.2, -0.15) is 0 Å². The van der Waals surface area contributed by atoms with Gasteiger partial charge in [-0.15, -0.1) is 0 Å². The van der Waals surface area contributed by atoms with E-state index in [4.69, 9.17) is 5.73 Å². The summed E-state index contributed by atoms with van der Waals surface area (Å²) in [5, 5.41) is 0. The number of benzene rings is 1. The molecule has 0 aliphatic heterocycles. The molecule has 1 heterocycles. The van der Waals surface area contributed by atoms with Gasteiger partial charge in [0.05, 0.1) is 0 Å². The van der Waals surface area contributed by atoms with Crippen LogP contribution in [0.25, 0.3) is 0 Å². The van der Waals surface area contributed by atoms with Crippen LogP contribution in [-0.2, 0) is 6.42 Å². The highest BCUT2D eigenvalue weighted by Gasteiger charge is 2.06. The van der Waals surface area contributed by atoms with E-state index in [1.807, 2.05) is 12.1 Å². The molecule has 2 rings (SSSR count). The van der Waals surface area contributed by atoms with Crippen molar-refractivity contribution in [3.8, 4) is 0 Å². The van der Waals surface area contributed by atoms with Gasteiger partial charge in [0.1, 0.15) is 0 Å². The maximum absolute atomic E-state index is 11.9. The van der Waals surface area contributed by atoms with Crippen LogP contribution in [0.4, 0.5) is 5.69 Å². The summed E-state index contributed by atoms with van der Waals surface area (Å²) >= 11 is 0. The first-order valence-corrected chi connectivity index (χ1v) is 5.03. The van der Waals surface area contributed by atoms with Gasteiger partial charge in [-0.05, 0) is 42.0 Å². The van der Waals surface area contributed by atoms with Crippen molar-refractivity contribution in [3.05, 3.63) is 59.9 Å². The topological polar surface area (TPSA) is 56.0 Å². The Morgan fingerprint density at radius 3 is 2.31 bits per heavy atom. The van der Waals surface area contributed by atoms with Crippen LogP contribution in [0.1, 0.15) is 15.9 Å². The molecular weight excluding hydrogens is 200 g/mol. The number of pyridine rings is 1. The zero-order chi connectivity index (χ0) is 11.4. The van der Waals surface area contributed by atoms with Crippen molar-refractivity contribution in [2.45, 2.75) is 6.42 Å². The lowest BCUT2D eigenvalue weighted by molar-refractivity contribution is 0.0993. The zero-order valence-corrected chi connectivity index (χ0v) is 8.76. The third-order valence-electron chi connectivity index (χ3n) is 2.35. The van der Waals surface area contributed by atoms with E-state index < -0.39 is 0 Å². The monoisotopic (exact) mass is 212 g/mol. The van der Waals surface area contributed by atoms with Crippen molar-refractivity contribution in [2.75, 3.05) is 5.73 Å². The van der Waals surface area contributed by atoms with Crippen LogP contribution < -0.4 is 5.73 Å². The Balaban J connectivity index is 2.12. The summed E-state index contributed by atoms with van der Waals surface area (Å²) in [6, 6.07) is 10.7. The molecule has 0 aliphatic carbocycles. The Hall–Kier alpha value is -2.16. The van der Waals surface area contributed by atoms with Crippen LogP contribution in [0.5, 0.6) is 0 Å². The molecule has 0 bridgehead atoms. The second-order valence-corrected chi connectivity index (χ2v) is 3.58. The molecule has 0 aliphatic rings. The Bertz CT molecular complexity index is 477. The number of nitrogen functional groups attached to an aromatic ring is 1. The Labute approximate surface area is 93.9 Å². The third-order valence-corrected chi connectivity index (χ3v) is 2.35. The van der Waals surface area contributed by atoms with Crippen molar-refractivity contribution < 1.29 is 4.79 Å². The summed E-state index contributed by atoms with van der Waals surface area (Å²) in [4.78, 5) is 15.8. The number of hydrogen-bond donors (Lipinski definition) is 1. The second kappa shape index (κ2) is 4.57. The largest absolute Gasteiger partial charge is 0.399 e. The van der Waals surface area contributed by atoms with Crippen LogP contribution in [0.2, 0.25) is 0 Å². The Morgan fingerprint density at radius 1 is 1.06 bits per heavy atom.